The molecule has 0 aliphatic heterocycles. The summed E-state index contributed by atoms with van der Waals surface area (Å²) < 4.78 is 2.84. The summed E-state index contributed by atoms with van der Waals surface area (Å²) in [4.78, 5) is 38.1. The van der Waals surface area contributed by atoms with Crippen LogP contribution < -0.4 is 10.9 Å². The summed E-state index contributed by atoms with van der Waals surface area (Å²) in [7, 11) is 0. The van der Waals surface area contributed by atoms with Crippen LogP contribution in [-0.4, -0.2) is 41.8 Å². The highest BCUT2D eigenvalue weighted by Gasteiger charge is 2.23. The van der Waals surface area contributed by atoms with Crippen LogP contribution >= 0.6 is 11.6 Å². The van der Waals surface area contributed by atoms with Crippen molar-refractivity contribution in [2.45, 2.75) is 12.5 Å². The van der Waals surface area contributed by atoms with Gasteiger partial charge in [0.25, 0.3) is 5.56 Å². The molecular formula is C28H21ClN6O4. The van der Waals surface area contributed by atoms with Gasteiger partial charge in [-0.25, -0.2) is 4.79 Å². The zero-order valence-corrected chi connectivity index (χ0v) is 21.1. The molecule has 0 fully saturated rings. The standard InChI is InChI=1S/C28H21ClN6O4/c29-21-8-11-24(35-17-30-32-33-35)23(16-21)20-12-13-34(26(36)15-20)25(14-18-4-2-1-3-5-18)27(37)31-22-9-6-19(7-10-22)28(38)39/h1-13,15-17,25H,14H2,(H,31,37)(H,38,39)/t25-/m0/s1. The van der Waals surface area contributed by atoms with Crippen molar-refractivity contribution in [3.8, 4) is 16.8 Å². The van der Waals surface area contributed by atoms with Crippen molar-refractivity contribution in [2.75, 3.05) is 5.32 Å². The molecule has 11 heteroatoms. The maximum absolute atomic E-state index is 13.5. The van der Waals surface area contributed by atoms with Crippen molar-refractivity contribution in [2.24, 2.45) is 0 Å². The number of nitrogens with one attached hydrogen (secondary N) is 1. The first-order valence-corrected chi connectivity index (χ1v) is 12.2. The summed E-state index contributed by atoms with van der Waals surface area (Å²) in [6, 6.07) is 22.6. The fraction of sp³-hybridized carbons (Fsp3) is 0.0714. The molecule has 10 nitrogen and oxygen atoms in total. The number of aromatic nitrogens is 5. The molecule has 39 heavy (non-hydrogen) atoms. The van der Waals surface area contributed by atoms with Gasteiger partial charge >= 0.3 is 5.97 Å². The summed E-state index contributed by atoms with van der Waals surface area (Å²) in [5.41, 5.74) is 2.83. The van der Waals surface area contributed by atoms with Gasteiger partial charge in [-0.3, -0.25) is 9.59 Å². The van der Waals surface area contributed by atoms with Gasteiger partial charge in [0.15, 0.2) is 0 Å². The Hall–Kier alpha value is -5.09. The SMILES string of the molecule is O=C(O)c1ccc(NC(=O)[C@H](Cc2ccccc2)n2ccc(-c3cc(Cl)ccc3-n3cnnn3)cc2=O)cc1. The maximum Gasteiger partial charge on any atom is 0.335 e. The third-order valence-electron chi connectivity index (χ3n) is 6.12. The number of hydrogen-bond acceptors (Lipinski definition) is 6. The average molecular weight is 541 g/mol. The molecule has 2 N–H and O–H groups in total. The van der Waals surface area contributed by atoms with E-state index in [1.165, 1.54) is 45.9 Å². The Kier molecular flexibility index (Phi) is 7.28. The van der Waals surface area contributed by atoms with Gasteiger partial charge in [0.05, 0.1) is 11.3 Å². The number of tetrazole rings is 1. The first kappa shape index (κ1) is 25.6. The summed E-state index contributed by atoms with van der Waals surface area (Å²) in [6.07, 6.45) is 3.27. The Morgan fingerprint density at radius 1 is 0.974 bits per heavy atom. The summed E-state index contributed by atoms with van der Waals surface area (Å²) in [6.45, 7) is 0. The van der Waals surface area contributed by atoms with Crippen LogP contribution in [0.15, 0.2) is 102 Å². The van der Waals surface area contributed by atoms with E-state index in [4.69, 9.17) is 16.7 Å². The molecular weight excluding hydrogens is 520 g/mol. The van der Waals surface area contributed by atoms with E-state index in [0.29, 0.717) is 27.5 Å². The van der Waals surface area contributed by atoms with Gasteiger partial charge in [0.2, 0.25) is 5.91 Å². The van der Waals surface area contributed by atoms with Crippen molar-refractivity contribution in [1.29, 1.82) is 0 Å². The highest BCUT2D eigenvalue weighted by atomic mass is 35.5. The fourth-order valence-electron chi connectivity index (χ4n) is 4.20. The Morgan fingerprint density at radius 3 is 2.41 bits per heavy atom. The number of pyridine rings is 1. The van der Waals surface area contributed by atoms with Crippen molar-refractivity contribution in [3.05, 3.63) is 124 Å². The monoisotopic (exact) mass is 540 g/mol. The molecule has 5 rings (SSSR count). The Morgan fingerprint density at radius 2 is 1.74 bits per heavy atom. The van der Waals surface area contributed by atoms with E-state index >= 15 is 0 Å². The van der Waals surface area contributed by atoms with Crippen LogP contribution in [0.3, 0.4) is 0 Å². The van der Waals surface area contributed by atoms with Gasteiger partial charge < -0.3 is 15.0 Å². The van der Waals surface area contributed by atoms with E-state index in [9.17, 15) is 14.4 Å². The number of carbonyl (C=O) groups is 2. The second-order valence-corrected chi connectivity index (χ2v) is 9.09. The molecule has 0 radical (unpaired) electrons. The number of carboxylic acid groups (broad SMARTS) is 1. The Bertz CT molecular complexity index is 1690. The molecule has 0 aliphatic carbocycles. The van der Waals surface area contributed by atoms with Crippen LogP contribution in [0.2, 0.25) is 5.02 Å². The molecule has 0 bridgehead atoms. The van der Waals surface area contributed by atoms with Crippen molar-refractivity contribution in [1.82, 2.24) is 24.8 Å². The molecule has 194 valence electrons. The number of benzene rings is 3. The zero-order chi connectivity index (χ0) is 27.4. The minimum absolute atomic E-state index is 0.0997. The summed E-state index contributed by atoms with van der Waals surface area (Å²) in [5, 5.41) is 23.7. The molecule has 2 heterocycles. The molecule has 0 saturated carbocycles. The van der Waals surface area contributed by atoms with E-state index in [1.54, 1.807) is 30.5 Å². The second kappa shape index (κ2) is 11.1. The third kappa shape index (κ3) is 5.76. The number of aromatic carboxylic acids is 1. The first-order valence-electron chi connectivity index (χ1n) is 11.8. The van der Waals surface area contributed by atoms with Crippen LogP contribution in [0.25, 0.3) is 16.8 Å². The Labute approximate surface area is 227 Å². The minimum atomic E-state index is -1.07. The average Bonchev–Trinajstić information content (AvgIpc) is 3.48. The van der Waals surface area contributed by atoms with Crippen molar-refractivity contribution < 1.29 is 14.7 Å². The van der Waals surface area contributed by atoms with Crippen LogP contribution in [0.5, 0.6) is 0 Å². The lowest BCUT2D eigenvalue weighted by Crippen LogP contribution is -2.34. The van der Waals surface area contributed by atoms with Gasteiger partial charge in [-0.1, -0.05) is 41.9 Å². The topological polar surface area (TPSA) is 132 Å². The summed E-state index contributed by atoms with van der Waals surface area (Å²) >= 11 is 6.26. The smallest absolute Gasteiger partial charge is 0.335 e. The van der Waals surface area contributed by atoms with Crippen molar-refractivity contribution >= 4 is 29.2 Å². The van der Waals surface area contributed by atoms with E-state index < -0.39 is 23.5 Å². The third-order valence-corrected chi connectivity index (χ3v) is 6.36. The molecule has 0 saturated heterocycles. The normalized spacial score (nSPS) is 11.6. The molecule has 5 aromatic rings. The second-order valence-electron chi connectivity index (χ2n) is 8.65. The number of rotatable bonds is 8. The number of carboxylic acids is 1. The Balaban J connectivity index is 1.50. The minimum Gasteiger partial charge on any atom is -0.478 e. The van der Waals surface area contributed by atoms with Crippen LogP contribution in [0.4, 0.5) is 5.69 Å². The maximum atomic E-state index is 13.5. The number of nitrogens with zero attached hydrogens (tertiary/aromatic N) is 5. The predicted octanol–water partition coefficient (Wildman–Crippen LogP) is 4.27. The molecule has 1 atom stereocenters. The first-order chi connectivity index (χ1) is 18.9. The van der Waals surface area contributed by atoms with E-state index in [2.05, 4.69) is 20.8 Å². The number of hydrogen-bond donors (Lipinski definition) is 2. The van der Waals surface area contributed by atoms with Crippen LogP contribution in [0, 0.1) is 0 Å². The highest BCUT2D eigenvalue weighted by Crippen LogP contribution is 2.29. The summed E-state index contributed by atoms with van der Waals surface area (Å²) in [5.74, 6) is -1.49. The van der Waals surface area contributed by atoms with Crippen molar-refractivity contribution in [3.63, 3.8) is 0 Å². The van der Waals surface area contributed by atoms with E-state index in [-0.39, 0.29) is 12.0 Å². The van der Waals surface area contributed by atoms with Crippen LogP contribution in [0.1, 0.15) is 22.0 Å². The lowest BCUT2D eigenvalue weighted by atomic mass is 10.0. The largest absolute Gasteiger partial charge is 0.478 e. The number of halogens is 1. The molecule has 2 aromatic heterocycles. The van der Waals surface area contributed by atoms with Gasteiger partial charge in [-0.05, 0) is 70.1 Å². The lowest BCUT2D eigenvalue weighted by Gasteiger charge is -2.20. The van der Waals surface area contributed by atoms with E-state index in [0.717, 1.165) is 5.56 Å². The molecule has 0 aliphatic rings. The molecule has 0 spiro atoms. The van der Waals surface area contributed by atoms with Gasteiger partial charge in [-0.2, -0.15) is 4.68 Å². The van der Waals surface area contributed by atoms with Gasteiger partial charge in [0, 0.05) is 35.0 Å². The van der Waals surface area contributed by atoms with E-state index in [1.807, 2.05) is 30.3 Å². The molecule has 3 aromatic carbocycles. The zero-order valence-electron chi connectivity index (χ0n) is 20.3. The van der Waals surface area contributed by atoms with Gasteiger partial charge in [-0.15, -0.1) is 5.10 Å². The molecule has 1 amide bonds. The number of carbonyl (C=O) groups excluding carboxylic acids is 1. The quantitative estimate of drug-likeness (QED) is 0.300. The molecule has 0 unspecified atom stereocenters. The lowest BCUT2D eigenvalue weighted by molar-refractivity contribution is -0.119. The number of anilines is 1. The number of amides is 1. The van der Waals surface area contributed by atoms with Crippen LogP contribution in [-0.2, 0) is 11.2 Å². The predicted molar refractivity (Wildman–Crippen MR) is 145 cm³/mol. The van der Waals surface area contributed by atoms with Gasteiger partial charge in [0.1, 0.15) is 12.4 Å². The fourth-order valence-corrected chi connectivity index (χ4v) is 4.37. The highest BCUT2D eigenvalue weighted by molar-refractivity contribution is 6.31.